The molecule has 0 aliphatic heterocycles. The molecular formula is C13H12F3N3O2. The van der Waals surface area contributed by atoms with E-state index in [1.165, 1.54) is 6.26 Å². The fourth-order valence-electron chi connectivity index (χ4n) is 1.64. The van der Waals surface area contributed by atoms with E-state index in [0.29, 0.717) is 19.4 Å². The number of alkyl halides is 3. The molecule has 0 aliphatic rings. The third-order valence-electron chi connectivity index (χ3n) is 2.73. The molecule has 1 N–H and O–H groups in total. The standard InChI is InChI=1S/C13H12F3N3O2/c14-13(15,16)11-4-3-10(7-18-11)12(20)17-5-1-2-9-6-19-21-8-9/h3-4,6-8H,1-2,5H2,(H,17,20). The SMILES string of the molecule is O=C(NCCCc1cnoc1)c1ccc(C(F)(F)F)nc1. The Labute approximate surface area is 118 Å². The van der Waals surface area contributed by atoms with E-state index in [0.717, 1.165) is 23.9 Å². The molecule has 0 bridgehead atoms. The van der Waals surface area contributed by atoms with Gasteiger partial charge in [-0.3, -0.25) is 9.78 Å². The van der Waals surface area contributed by atoms with E-state index in [2.05, 4.69) is 20.0 Å². The molecule has 8 heteroatoms. The lowest BCUT2D eigenvalue weighted by molar-refractivity contribution is -0.141. The van der Waals surface area contributed by atoms with Gasteiger partial charge in [-0.1, -0.05) is 5.16 Å². The van der Waals surface area contributed by atoms with Gasteiger partial charge in [-0.05, 0) is 25.0 Å². The highest BCUT2D eigenvalue weighted by Crippen LogP contribution is 2.27. The quantitative estimate of drug-likeness (QED) is 0.861. The van der Waals surface area contributed by atoms with Crippen LogP contribution in [0.25, 0.3) is 0 Å². The molecule has 0 radical (unpaired) electrons. The van der Waals surface area contributed by atoms with Crippen molar-refractivity contribution in [2.75, 3.05) is 6.54 Å². The van der Waals surface area contributed by atoms with Crippen molar-refractivity contribution in [2.45, 2.75) is 19.0 Å². The molecule has 112 valence electrons. The van der Waals surface area contributed by atoms with Crippen LogP contribution in [-0.4, -0.2) is 22.6 Å². The number of nitrogens with one attached hydrogen (secondary N) is 1. The van der Waals surface area contributed by atoms with Crippen molar-refractivity contribution >= 4 is 5.91 Å². The van der Waals surface area contributed by atoms with Crippen molar-refractivity contribution in [3.05, 3.63) is 47.6 Å². The monoisotopic (exact) mass is 299 g/mol. The molecule has 0 saturated heterocycles. The first-order valence-corrected chi connectivity index (χ1v) is 6.16. The summed E-state index contributed by atoms with van der Waals surface area (Å²) < 4.78 is 41.6. The number of aromatic nitrogens is 2. The number of carbonyl (C=O) groups excluding carboxylic acids is 1. The van der Waals surface area contributed by atoms with Crippen LogP contribution in [0.15, 0.2) is 35.3 Å². The Hall–Kier alpha value is -2.38. The molecule has 21 heavy (non-hydrogen) atoms. The first-order valence-electron chi connectivity index (χ1n) is 6.16. The van der Waals surface area contributed by atoms with Crippen molar-refractivity contribution in [1.29, 1.82) is 0 Å². The summed E-state index contributed by atoms with van der Waals surface area (Å²) in [5, 5.41) is 6.16. The summed E-state index contributed by atoms with van der Waals surface area (Å²) >= 11 is 0. The van der Waals surface area contributed by atoms with E-state index in [1.54, 1.807) is 6.20 Å². The van der Waals surface area contributed by atoms with Gasteiger partial charge in [0.15, 0.2) is 0 Å². The maximum absolute atomic E-state index is 12.3. The van der Waals surface area contributed by atoms with Gasteiger partial charge in [0.25, 0.3) is 5.91 Å². The topological polar surface area (TPSA) is 68.0 Å². The second-order valence-electron chi connectivity index (χ2n) is 4.32. The van der Waals surface area contributed by atoms with E-state index in [9.17, 15) is 18.0 Å². The fourth-order valence-corrected chi connectivity index (χ4v) is 1.64. The van der Waals surface area contributed by atoms with Crippen molar-refractivity contribution in [3.63, 3.8) is 0 Å². The normalized spacial score (nSPS) is 11.4. The van der Waals surface area contributed by atoms with Crippen LogP contribution in [0.5, 0.6) is 0 Å². The van der Waals surface area contributed by atoms with E-state index in [4.69, 9.17) is 0 Å². The smallest absolute Gasteiger partial charge is 0.364 e. The Balaban J connectivity index is 1.80. The van der Waals surface area contributed by atoms with Crippen LogP contribution >= 0.6 is 0 Å². The van der Waals surface area contributed by atoms with Crippen LogP contribution in [0, 0.1) is 0 Å². The first-order chi connectivity index (χ1) is 9.97. The highest BCUT2D eigenvalue weighted by atomic mass is 19.4. The van der Waals surface area contributed by atoms with Gasteiger partial charge in [0.05, 0.1) is 11.8 Å². The molecule has 0 unspecified atom stereocenters. The van der Waals surface area contributed by atoms with Crippen LogP contribution < -0.4 is 5.32 Å². The largest absolute Gasteiger partial charge is 0.433 e. The highest BCUT2D eigenvalue weighted by molar-refractivity contribution is 5.93. The minimum Gasteiger partial charge on any atom is -0.364 e. The number of pyridine rings is 1. The van der Waals surface area contributed by atoms with Crippen molar-refractivity contribution in [1.82, 2.24) is 15.5 Å². The molecular weight excluding hydrogens is 287 g/mol. The van der Waals surface area contributed by atoms with Gasteiger partial charge in [-0.2, -0.15) is 13.2 Å². The number of halogens is 3. The fraction of sp³-hybridized carbons (Fsp3) is 0.308. The summed E-state index contributed by atoms with van der Waals surface area (Å²) in [6, 6.07) is 1.89. The molecule has 1 amide bonds. The lowest BCUT2D eigenvalue weighted by Gasteiger charge is -2.07. The zero-order valence-corrected chi connectivity index (χ0v) is 10.9. The number of hydrogen-bond acceptors (Lipinski definition) is 4. The van der Waals surface area contributed by atoms with Crippen molar-refractivity contribution < 1.29 is 22.5 Å². The van der Waals surface area contributed by atoms with Gasteiger partial charge in [-0.25, -0.2) is 0 Å². The van der Waals surface area contributed by atoms with Gasteiger partial charge in [-0.15, -0.1) is 0 Å². The number of rotatable bonds is 5. The summed E-state index contributed by atoms with van der Waals surface area (Å²) in [6.07, 6.45) is 0.866. The predicted octanol–water partition coefficient (Wildman–Crippen LogP) is 2.45. The maximum Gasteiger partial charge on any atom is 0.433 e. The zero-order valence-electron chi connectivity index (χ0n) is 10.9. The third-order valence-corrected chi connectivity index (χ3v) is 2.73. The van der Waals surface area contributed by atoms with Gasteiger partial charge in [0, 0.05) is 18.3 Å². The van der Waals surface area contributed by atoms with Crippen molar-refractivity contribution in [3.8, 4) is 0 Å². The highest BCUT2D eigenvalue weighted by Gasteiger charge is 2.32. The molecule has 0 atom stereocenters. The van der Waals surface area contributed by atoms with E-state index in [-0.39, 0.29) is 5.56 Å². The number of aryl methyl sites for hydroxylation is 1. The summed E-state index contributed by atoms with van der Waals surface area (Å²) in [5.74, 6) is -0.457. The summed E-state index contributed by atoms with van der Waals surface area (Å²) in [4.78, 5) is 14.9. The number of hydrogen-bond donors (Lipinski definition) is 1. The first kappa shape index (κ1) is 15.0. The lowest BCUT2D eigenvalue weighted by Crippen LogP contribution is -2.25. The summed E-state index contributed by atoms with van der Waals surface area (Å²) in [5.41, 5.74) is -0.0140. The third kappa shape index (κ3) is 4.30. The van der Waals surface area contributed by atoms with Crippen LogP contribution in [0.1, 0.15) is 28.0 Å². The minimum atomic E-state index is -4.51. The molecule has 2 aromatic heterocycles. The second-order valence-corrected chi connectivity index (χ2v) is 4.32. The molecule has 0 fully saturated rings. The van der Waals surface area contributed by atoms with Crippen LogP contribution in [0.4, 0.5) is 13.2 Å². The number of amides is 1. The van der Waals surface area contributed by atoms with E-state index < -0.39 is 17.8 Å². The molecule has 0 aliphatic carbocycles. The average molecular weight is 299 g/mol. The molecule has 2 rings (SSSR count). The van der Waals surface area contributed by atoms with E-state index >= 15 is 0 Å². The Morgan fingerprint density at radius 1 is 1.29 bits per heavy atom. The molecule has 0 spiro atoms. The molecule has 0 saturated carbocycles. The van der Waals surface area contributed by atoms with Crippen LogP contribution in [-0.2, 0) is 12.6 Å². The van der Waals surface area contributed by atoms with Crippen LogP contribution in [0.3, 0.4) is 0 Å². The van der Waals surface area contributed by atoms with Gasteiger partial charge in [0.2, 0.25) is 0 Å². The van der Waals surface area contributed by atoms with Crippen molar-refractivity contribution in [2.24, 2.45) is 0 Å². The molecule has 0 aromatic carbocycles. The van der Waals surface area contributed by atoms with Crippen LogP contribution in [0.2, 0.25) is 0 Å². The number of carbonyl (C=O) groups is 1. The Bertz CT molecular complexity index is 580. The minimum absolute atomic E-state index is 0.0907. The van der Waals surface area contributed by atoms with Gasteiger partial charge >= 0.3 is 6.18 Å². The molecule has 5 nitrogen and oxygen atoms in total. The Morgan fingerprint density at radius 2 is 2.10 bits per heavy atom. The lowest BCUT2D eigenvalue weighted by atomic mass is 10.2. The van der Waals surface area contributed by atoms with Gasteiger partial charge < -0.3 is 9.84 Å². The average Bonchev–Trinajstić information content (AvgIpc) is 2.96. The summed E-state index contributed by atoms with van der Waals surface area (Å²) in [6.45, 7) is 0.394. The Morgan fingerprint density at radius 3 is 2.67 bits per heavy atom. The summed E-state index contributed by atoms with van der Waals surface area (Å²) in [7, 11) is 0. The second kappa shape index (κ2) is 6.38. The maximum atomic E-state index is 12.3. The Kier molecular flexibility index (Phi) is 4.56. The van der Waals surface area contributed by atoms with E-state index in [1.807, 2.05) is 0 Å². The molecule has 2 heterocycles. The zero-order chi connectivity index (χ0) is 15.3. The predicted molar refractivity (Wildman–Crippen MR) is 66.4 cm³/mol. The molecule has 2 aromatic rings. The number of nitrogens with zero attached hydrogens (tertiary/aromatic N) is 2. The van der Waals surface area contributed by atoms with Gasteiger partial charge in [0.1, 0.15) is 12.0 Å².